The highest BCUT2D eigenvalue weighted by Gasteiger charge is 2.29. The highest BCUT2D eigenvalue weighted by molar-refractivity contribution is 5.73. The Labute approximate surface area is 108 Å². The van der Waals surface area contributed by atoms with Crippen molar-refractivity contribution < 1.29 is 15.0 Å². The monoisotopic (exact) mass is 263 g/mol. The van der Waals surface area contributed by atoms with Crippen LogP contribution in [0.2, 0.25) is 0 Å². The number of aliphatic hydroxyl groups is 1. The van der Waals surface area contributed by atoms with E-state index in [1.165, 1.54) is 6.92 Å². The number of carboxylic acid groups (broad SMARTS) is 1. The Morgan fingerprint density at radius 3 is 2.53 bits per heavy atom. The average molecular weight is 263 g/mol. The molecule has 0 saturated carbocycles. The number of nitrogens with two attached hydrogens (primary N) is 1. The molecular weight excluding hydrogens is 250 g/mol. The summed E-state index contributed by atoms with van der Waals surface area (Å²) in [5, 5.41) is 29.6. The lowest BCUT2D eigenvalue weighted by Crippen LogP contribution is -2.30. The molecule has 8 heteroatoms. The largest absolute Gasteiger partial charge is 0.480 e. The van der Waals surface area contributed by atoms with Gasteiger partial charge in [-0.3, -0.25) is 0 Å². The summed E-state index contributed by atoms with van der Waals surface area (Å²) in [4.78, 5) is 11.2. The third kappa shape index (κ3) is 2.52. The van der Waals surface area contributed by atoms with Crippen LogP contribution in [0.3, 0.4) is 0 Å². The van der Waals surface area contributed by atoms with Crippen LogP contribution in [-0.4, -0.2) is 42.5 Å². The number of tetrazole rings is 1. The number of aliphatic hydroxyl groups excluding tert-OH is 1. The molecule has 8 nitrogen and oxygen atoms in total. The first-order valence-corrected chi connectivity index (χ1v) is 5.55. The molecule has 0 saturated heterocycles. The quantitative estimate of drug-likeness (QED) is 0.659. The number of aliphatic carboxylic acids is 1. The van der Waals surface area contributed by atoms with Gasteiger partial charge in [0.1, 0.15) is 0 Å². The summed E-state index contributed by atoms with van der Waals surface area (Å²) in [5.41, 5.74) is 6.78. The highest BCUT2D eigenvalue weighted by Crippen LogP contribution is 2.22. The summed E-state index contributed by atoms with van der Waals surface area (Å²) in [7, 11) is 0. The number of anilines is 1. The zero-order chi connectivity index (χ0) is 14.0. The number of rotatable bonds is 4. The predicted octanol–water partition coefficient (Wildman–Crippen LogP) is -0.0712. The Hall–Kier alpha value is -2.48. The van der Waals surface area contributed by atoms with E-state index in [1.54, 1.807) is 24.3 Å². The van der Waals surface area contributed by atoms with Crippen LogP contribution in [0, 0.1) is 0 Å². The van der Waals surface area contributed by atoms with Crippen LogP contribution in [0.5, 0.6) is 0 Å². The maximum Gasteiger partial charge on any atom is 0.331 e. The van der Waals surface area contributed by atoms with Crippen molar-refractivity contribution in [3.63, 3.8) is 0 Å². The van der Waals surface area contributed by atoms with E-state index in [9.17, 15) is 9.90 Å². The van der Waals surface area contributed by atoms with Crippen LogP contribution in [0.25, 0.3) is 11.4 Å². The SMILES string of the molecule is CC(O)C(C(=O)O)n1nnnc1-c1ccc(N)cc1. The molecule has 0 radical (unpaired) electrons. The minimum Gasteiger partial charge on any atom is -0.480 e. The predicted molar refractivity (Wildman–Crippen MR) is 66.0 cm³/mol. The van der Waals surface area contributed by atoms with Crippen molar-refractivity contribution in [3.8, 4) is 11.4 Å². The normalized spacial score (nSPS) is 14.0. The number of nitrogens with zero attached hydrogens (tertiary/aromatic N) is 4. The van der Waals surface area contributed by atoms with Crippen molar-refractivity contribution in [1.29, 1.82) is 0 Å². The number of carbonyl (C=O) groups is 1. The minimum atomic E-state index is -1.25. The van der Waals surface area contributed by atoms with Crippen molar-refractivity contribution in [3.05, 3.63) is 24.3 Å². The highest BCUT2D eigenvalue weighted by atomic mass is 16.4. The number of hydrogen-bond donors (Lipinski definition) is 3. The molecule has 0 amide bonds. The summed E-state index contributed by atoms with van der Waals surface area (Å²) in [6.45, 7) is 1.37. The van der Waals surface area contributed by atoms with Gasteiger partial charge < -0.3 is 15.9 Å². The van der Waals surface area contributed by atoms with Crippen LogP contribution in [0.15, 0.2) is 24.3 Å². The molecule has 1 heterocycles. The first-order chi connectivity index (χ1) is 9.00. The molecule has 0 bridgehead atoms. The fraction of sp³-hybridized carbons (Fsp3) is 0.273. The fourth-order valence-electron chi connectivity index (χ4n) is 1.72. The standard InChI is InChI=1S/C11H13N5O3/c1-6(17)9(11(18)19)16-10(13-14-15-16)7-2-4-8(12)5-3-7/h2-6,9,17H,12H2,1H3,(H,18,19). The molecule has 1 aromatic heterocycles. The van der Waals surface area contributed by atoms with E-state index < -0.39 is 18.1 Å². The Kier molecular flexibility index (Phi) is 3.43. The van der Waals surface area contributed by atoms with Crippen molar-refractivity contribution >= 4 is 11.7 Å². The van der Waals surface area contributed by atoms with E-state index in [1.807, 2.05) is 0 Å². The van der Waals surface area contributed by atoms with Gasteiger partial charge in [-0.1, -0.05) is 0 Å². The summed E-state index contributed by atoms with van der Waals surface area (Å²) in [5.74, 6) is -0.952. The average Bonchev–Trinajstić information content (AvgIpc) is 2.78. The summed E-state index contributed by atoms with van der Waals surface area (Å²) < 4.78 is 1.08. The van der Waals surface area contributed by atoms with Crippen molar-refractivity contribution in [2.75, 3.05) is 5.73 Å². The number of benzene rings is 1. The molecule has 100 valence electrons. The van der Waals surface area contributed by atoms with Crippen molar-refractivity contribution in [2.24, 2.45) is 0 Å². The Morgan fingerprint density at radius 2 is 2.00 bits per heavy atom. The lowest BCUT2D eigenvalue weighted by molar-refractivity contribution is -0.144. The maximum absolute atomic E-state index is 11.2. The second-order valence-electron chi connectivity index (χ2n) is 4.09. The van der Waals surface area contributed by atoms with Crippen LogP contribution in [0.1, 0.15) is 13.0 Å². The topological polar surface area (TPSA) is 127 Å². The summed E-state index contributed by atoms with van der Waals surface area (Å²) in [6.07, 6.45) is -1.13. The van der Waals surface area contributed by atoms with E-state index in [-0.39, 0.29) is 5.82 Å². The number of nitrogen functional groups attached to an aromatic ring is 1. The zero-order valence-corrected chi connectivity index (χ0v) is 10.1. The van der Waals surface area contributed by atoms with E-state index in [2.05, 4.69) is 15.5 Å². The molecule has 2 rings (SSSR count). The van der Waals surface area contributed by atoms with Crippen molar-refractivity contribution in [1.82, 2.24) is 20.2 Å². The lowest BCUT2D eigenvalue weighted by Gasteiger charge is -2.16. The van der Waals surface area contributed by atoms with Gasteiger partial charge in [0.25, 0.3) is 0 Å². The maximum atomic E-state index is 11.2. The van der Waals surface area contributed by atoms with Crippen LogP contribution in [-0.2, 0) is 4.79 Å². The molecule has 2 aromatic rings. The second kappa shape index (κ2) is 5.02. The minimum absolute atomic E-state index is 0.258. The van der Waals surface area contributed by atoms with Gasteiger partial charge >= 0.3 is 5.97 Å². The third-order valence-electron chi connectivity index (χ3n) is 2.64. The van der Waals surface area contributed by atoms with Gasteiger partial charge in [0, 0.05) is 11.3 Å². The second-order valence-corrected chi connectivity index (χ2v) is 4.09. The summed E-state index contributed by atoms with van der Waals surface area (Å²) in [6, 6.07) is 5.43. The molecule has 2 unspecified atom stereocenters. The first kappa shape index (κ1) is 13.0. The third-order valence-corrected chi connectivity index (χ3v) is 2.64. The van der Waals surface area contributed by atoms with Gasteiger partial charge in [-0.05, 0) is 41.6 Å². The number of aromatic nitrogens is 4. The molecule has 0 spiro atoms. The van der Waals surface area contributed by atoms with Crippen LogP contribution < -0.4 is 5.73 Å². The van der Waals surface area contributed by atoms with E-state index in [4.69, 9.17) is 10.8 Å². The van der Waals surface area contributed by atoms with E-state index in [0.29, 0.717) is 11.3 Å². The fourth-order valence-corrected chi connectivity index (χ4v) is 1.72. The van der Waals surface area contributed by atoms with Gasteiger partial charge in [0.05, 0.1) is 6.10 Å². The lowest BCUT2D eigenvalue weighted by atomic mass is 10.1. The van der Waals surface area contributed by atoms with Crippen molar-refractivity contribution in [2.45, 2.75) is 19.1 Å². The molecule has 0 aliphatic heterocycles. The smallest absolute Gasteiger partial charge is 0.331 e. The molecular formula is C11H13N5O3. The van der Waals surface area contributed by atoms with Crippen LogP contribution in [0.4, 0.5) is 5.69 Å². The molecule has 19 heavy (non-hydrogen) atoms. The van der Waals surface area contributed by atoms with E-state index >= 15 is 0 Å². The molecule has 0 aliphatic rings. The molecule has 2 atom stereocenters. The molecule has 0 aliphatic carbocycles. The van der Waals surface area contributed by atoms with E-state index in [0.717, 1.165) is 4.68 Å². The van der Waals surface area contributed by atoms with Gasteiger partial charge in [-0.15, -0.1) is 5.10 Å². The van der Waals surface area contributed by atoms with Crippen LogP contribution >= 0.6 is 0 Å². The Bertz CT molecular complexity index is 578. The summed E-state index contributed by atoms with van der Waals surface area (Å²) >= 11 is 0. The van der Waals surface area contributed by atoms with Gasteiger partial charge in [0.15, 0.2) is 11.9 Å². The Morgan fingerprint density at radius 1 is 1.37 bits per heavy atom. The molecule has 0 fully saturated rings. The first-order valence-electron chi connectivity index (χ1n) is 5.55. The zero-order valence-electron chi connectivity index (χ0n) is 10.1. The van der Waals surface area contributed by atoms with Gasteiger partial charge in [-0.2, -0.15) is 0 Å². The van der Waals surface area contributed by atoms with Gasteiger partial charge in [-0.25, -0.2) is 9.48 Å². The Balaban J connectivity index is 2.47. The number of carboxylic acids is 1. The molecule has 4 N–H and O–H groups in total. The number of hydrogen-bond acceptors (Lipinski definition) is 6. The van der Waals surface area contributed by atoms with Gasteiger partial charge in [0.2, 0.25) is 0 Å². The molecule has 1 aromatic carbocycles.